The maximum absolute atomic E-state index is 13.1. The zero-order valence-corrected chi connectivity index (χ0v) is 16.5. The highest BCUT2D eigenvalue weighted by Crippen LogP contribution is 2.32. The number of nitrogens with zero attached hydrogens (tertiary/aromatic N) is 4. The van der Waals surface area contributed by atoms with E-state index in [9.17, 15) is 4.79 Å². The fourth-order valence-corrected chi connectivity index (χ4v) is 3.87. The second-order valence-electron chi connectivity index (χ2n) is 7.31. The van der Waals surface area contributed by atoms with Gasteiger partial charge in [0.1, 0.15) is 17.3 Å². The van der Waals surface area contributed by atoms with Gasteiger partial charge in [-0.15, -0.1) is 0 Å². The van der Waals surface area contributed by atoms with Crippen LogP contribution in [0.5, 0.6) is 0 Å². The summed E-state index contributed by atoms with van der Waals surface area (Å²) in [4.78, 5) is 15.0. The molecule has 1 aliphatic rings. The number of carbonyl (C=O) groups is 1. The maximum Gasteiger partial charge on any atom is 0.323 e. The Kier molecular flexibility index (Phi) is 4.90. The van der Waals surface area contributed by atoms with Gasteiger partial charge in [-0.25, -0.2) is 4.79 Å². The molecule has 1 fully saturated rings. The zero-order chi connectivity index (χ0) is 19.7. The van der Waals surface area contributed by atoms with Gasteiger partial charge in [0.15, 0.2) is 0 Å². The second-order valence-corrected chi connectivity index (χ2v) is 7.31. The number of nitrogens with one attached hydrogen (secondary N) is 1. The first-order valence-electron chi connectivity index (χ1n) is 9.64. The minimum absolute atomic E-state index is 0.0617. The summed E-state index contributed by atoms with van der Waals surface area (Å²) in [5.74, 6) is 1.47. The Bertz CT molecular complexity index is 976. The summed E-state index contributed by atoms with van der Waals surface area (Å²) < 4.78 is 6.96. The van der Waals surface area contributed by atoms with Crippen molar-refractivity contribution >= 4 is 11.8 Å². The van der Waals surface area contributed by atoms with Crippen LogP contribution in [0.25, 0.3) is 11.3 Å². The van der Waals surface area contributed by atoms with Crippen molar-refractivity contribution in [1.29, 1.82) is 0 Å². The standard InChI is InChI=1S/C21H25N5O2/c1-14-13-17(24-28-14)18-11-7-8-12-26(18)21(27)22-20-15(2)19(23-25(20)3)16-9-5-4-6-10-16/h4-6,9-10,13,18H,7-8,11-12H2,1-3H3,(H,22,27)/t18-/m0/s1. The van der Waals surface area contributed by atoms with Crippen LogP contribution in [0.4, 0.5) is 10.6 Å². The van der Waals surface area contributed by atoms with Crippen molar-refractivity contribution in [3.63, 3.8) is 0 Å². The predicted octanol–water partition coefficient (Wildman–Crippen LogP) is 4.45. The molecule has 0 spiro atoms. The van der Waals surface area contributed by atoms with E-state index in [-0.39, 0.29) is 12.1 Å². The number of aromatic nitrogens is 3. The minimum atomic E-state index is -0.129. The Morgan fingerprint density at radius 2 is 2.00 bits per heavy atom. The fraction of sp³-hybridized carbons (Fsp3) is 0.381. The van der Waals surface area contributed by atoms with Gasteiger partial charge < -0.3 is 9.42 Å². The highest BCUT2D eigenvalue weighted by Gasteiger charge is 2.31. The highest BCUT2D eigenvalue weighted by atomic mass is 16.5. The summed E-state index contributed by atoms with van der Waals surface area (Å²) in [5.41, 5.74) is 3.68. The highest BCUT2D eigenvalue weighted by molar-refractivity contribution is 5.90. The molecule has 0 aliphatic carbocycles. The van der Waals surface area contributed by atoms with Gasteiger partial charge in [0.25, 0.3) is 0 Å². The van der Waals surface area contributed by atoms with Gasteiger partial charge in [0, 0.05) is 30.8 Å². The van der Waals surface area contributed by atoms with E-state index in [1.165, 1.54) is 0 Å². The lowest BCUT2D eigenvalue weighted by molar-refractivity contribution is 0.159. The van der Waals surface area contributed by atoms with E-state index in [4.69, 9.17) is 4.52 Å². The lowest BCUT2D eigenvalue weighted by Crippen LogP contribution is -2.41. The molecule has 0 unspecified atom stereocenters. The van der Waals surface area contributed by atoms with Crippen LogP contribution in [0.3, 0.4) is 0 Å². The first-order chi connectivity index (χ1) is 13.5. The first kappa shape index (κ1) is 18.3. The Morgan fingerprint density at radius 3 is 2.71 bits per heavy atom. The third-order valence-electron chi connectivity index (χ3n) is 5.31. The molecular formula is C21H25N5O2. The van der Waals surface area contributed by atoms with Crippen molar-refractivity contribution in [1.82, 2.24) is 19.8 Å². The summed E-state index contributed by atoms with van der Waals surface area (Å²) >= 11 is 0. The van der Waals surface area contributed by atoms with Crippen molar-refractivity contribution in [2.75, 3.05) is 11.9 Å². The normalized spacial score (nSPS) is 17.0. The van der Waals surface area contributed by atoms with Crippen LogP contribution in [0.1, 0.15) is 42.3 Å². The summed E-state index contributed by atoms with van der Waals surface area (Å²) in [6.07, 6.45) is 2.95. The lowest BCUT2D eigenvalue weighted by atomic mass is 9.99. The third kappa shape index (κ3) is 3.40. The number of urea groups is 1. The molecule has 0 saturated carbocycles. The largest absolute Gasteiger partial charge is 0.361 e. The van der Waals surface area contributed by atoms with Crippen molar-refractivity contribution in [2.24, 2.45) is 7.05 Å². The van der Waals surface area contributed by atoms with Gasteiger partial charge >= 0.3 is 6.03 Å². The molecule has 0 bridgehead atoms. The molecule has 28 heavy (non-hydrogen) atoms. The van der Waals surface area contributed by atoms with Crippen LogP contribution < -0.4 is 5.32 Å². The molecule has 4 rings (SSSR count). The Balaban J connectivity index is 1.58. The average Bonchev–Trinajstić information content (AvgIpc) is 3.27. The quantitative estimate of drug-likeness (QED) is 0.729. The van der Waals surface area contributed by atoms with Gasteiger partial charge in [-0.3, -0.25) is 10.00 Å². The van der Waals surface area contributed by atoms with Crippen LogP contribution in [0, 0.1) is 13.8 Å². The summed E-state index contributed by atoms with van der Waals surface area (Å²) in [5, 5.41) is 11.8. The lowest BCUT2D eigenvalue weighted by Gasteiger charge is -2.34. The second kappa shape index (κ2) is 7.50. The van der Waals surface area contributed by atoms with Gasteiger partial charge in [-0.2, -0.15) is 5.10 Å². The van der Waals surface area contributed by atoms with Crippen LogP contribution in [0.15, 0.2) is 40.9 Å². The molecular weight excluding hydrogens is 354 g/mol. The SMILES string of the molecule is Cc1cc([C@@H]2CCCCN2C(=O)Nc2c(C)c(-c3ccccc3)nn2C)no1. The molecule has 0 radical (unpaired) electrons. The number of benzene rings is 1. The Hall–Kier alpha value is -3.09. The van der Waals surface area contributed by atoms with E-state index in [1.807, 2.05) is 62.2 Å². The average molecular weight is 379 g/mol. The van der Waals surface area contributed by atoms with Crippen LogP contribution in [0.2, 0.25) is 0 Å². The summed E-state index contributed by atoms with van der Waals surface area (Å²) in [7, 11) is 1.85. The smallest absolute Gasteiger partial charge is 0.323 e. The van der Waals surface area contributed by atoms with Crippen molar-refractivity contribution in [2.45, 2.75) is 39.2 Å². The zero-order valence-electron chi connectivity index (χ0n) is 16.5. The number of likely N-dealkylation sites (tertiary alicyclic amines) is 1. The molecule has 7 heteroatoms. The molecule has 3 heterocycles. The van der Waals surface area contributed by atoms with E-state index in [0.29, 0.717) is 12.4 Å². The van der Waals surface area contributed by atoms with E-state index in [0.717, 1.165) is 47.5 Å². The van der Waals surface area contributed by atoms with Crippen LogP contribution in [-0.4, -0.2) is 32.4 Å². The molecule has 146 valence electrons. The van der Waals surface area contributed by atoms with Crippen molar-refractivity contribution in [3.8, 4) is 11.3 Å². The minimum Gasteiger partial charge on any atom is -0.361 e. The number of rotatable bonds is 3. The number of amides is 2. The fourth-order valence-electron chi connectivity index (χ4n) is 3.87. The molecule has 1 aromatic carbocycles. The maximum atomic E-state index is 13.1. The summed E-state index contributed by atoms with van der Waals surface area (Å²) in [6.45, 7) is 4.55. The van der Waals surface area contributed by atoms with Gasteiger partial charge in [-0.1, -0.05) is 35.5 Å². The molecule has 3 aromatic rings. The van der Waals surface area contributed by atoms with Crippen molar-refractivity contribution < 1.29 is 9.32 Å². The Labute approximate surface area is 164 Å². The molecule has 7 nitrogen and oxygen atoms in total. The number of anilines is 1. The monoisotopic (exact) mass is 379 g/mol. The number of hydrogen-bond acceptors (Lipinski definition) is 4. The topological polar surface area (TPSA) is 76.2 Å². The molecule has 1 N–H and O–H groups in total. The van der Waals surface area contributed by atoms with Gasteiger partial charge in [-0.05, 0) is 33.1 Å². The predicted molar refractivity (Wildman–Crippen MR) is 107 cm³/mol. The molecule has 1 saturated heterocycles. The third-order valence-corrected chi connectivity index (χ3v) is 5.31. The van der Waals surface area contributed by atoms with E-state index >= 15 is 0 Å². The molecule has 2 aromatic heterocycles. The first-order valence-corrected chi connectivity index (χ1v) is 9.64. The number of carbonyl (C=O) groups excluding carboxylic acids is 1. The molecule has 2 amide bonds. The summed E-state index contributed by atoms with van der Waals surface area (Å²) in [6, 6.07) is 11.7. The number of hydrogen-bond donors (Lipinski definition) is 1. The Morgan fingerprint density at radius 1 is 1.21 bits per heavy atom. The molecule has 1 aliphatic heterocycles. The number of aryl methyl sites for hydroxylation is 2. The van der Waals surface area contributed by atoms with Crippen LogP contribution >= 0.6 is 0 Å². The van der Waals surface area contributed by atoms with Crippen molar-refractivity contribution in [3.05, 3.63) is 53.4 Å². The van der Waals surface area contributed by atoms with Gasteiger partial charge in [0.2, 0.25) is 0 Å². The van der Waals surface area contributed by atoms with Gasteiger partial charge in [0.05, 0.1) is 11.7 Å². The molecule has 1 atom stereocenters. The van der Waals surface area contributed by atoms with E-state index in [2.05, 4.69) is 15.6 Å². The van der Waals surface area contributed by atoms with E-state index in [1.54, 1.807) is 4.68 Å². The number of piperidine rings is 1. The van der Waals surface area contributed by atoms with E-state index < -0.39 is 0 Å². The van der Waals surface area contributed by atoms with Crippen LogP contribution in [-0.2, 0) is 7.05 Å².